The largest absolute Gasteiger partial charge is 0.459 e. The van der Waals surface area contributed by atoms with Crippen LogP contribution in [0.25, 0.3) is 47.9 Å². The van der Waals surface area contributed by atoms with E-state index in [0.717, 1.165) is 88.0 Å². The molecule has 5 aliphatic rings. The number of aromatic nitrogens is 5. The molecule has 2 amide bonds. The fourth-order valence-electron chi connectivity index (χ4n) is 11.5. The number of hydrogen-bond acceptors (Lipinski definition) is 21. The number of thiazole rings is 1. The van der Waals surface area contributed by atoms with Crippen LogP contribution >= 0.6 is 34.0 Å². The van der Waals surface area contributed by atoms with Crippen LogP contribution in [-0.2, 0) is 16.0 Å². The molecule has 2 aliphatic carbocycles. The number of carbonyl (C=O) groups is 2. The third-order valence-corrected chi connectivity index (χ3v) is 19.1. The van der Waals surface area contributed by atoms with E-state index in [-0.39, 0.29) is 40.5 Å². The number of morpholine rings is 2. The zero-order valence-electron chi connectivity index (χ0n) is 45.4. The summed E-state index contributed by atoms with van der Waals surface area (Å²) in [6.45, 7) is 5.75. The molecule has 14 rings (SSSR count). The number of pyridine rings is 1. The van der Waals surface area contributed by atoms with Crippen LogP contribution in [-0.4, -0.2) is 113 Å². The summed E-state index contributed by atoms with van der Waals surface area (Å²) in [6.07, 6.45) is 15.6. The smallest absolute Gasteiger partial charge is 0.256 e. The van der Waals surface area contributed by atoms with Crippen molar-refractivity contribution < 1.29 is 39.4 Å². The predicted octanol–water partition coefficient (Wildman–Crippen LogP) is 6.37. The SMILES string of the molecule is NC(=O)c1c(Nc2cccc(-c3csc4c(=O)cc(N5CCOCC5)oc34)c2)nc(N[C@H]2CCCC[C@H]2[NH3+])n2ccnc12.[NH3+][C@@H]1CCCC[C@@H]1Nc1cc2c(c(Nc3cnc(-c4coc5c(=O)cc(N6CCOCC6)sc45)s3)n1)C(=O)NC2. The molecular weight excluding hydrogens is 1120 g/mol. The van der Waals surface area contributed by atoms with Gasteiger partial charge in [0.2, 0.25) is 16.8 Å². The summed E-state index contributed by atoms with van der Waals surface area (Å²) < 4.78 is 26.0. The third-order valence-electron chi connectivity index (χ3n) is 15.9. The average molecular weight is 1180 g/mol. The van der Waals surface area contributed by atoms with E-state index in [0.29, 0.717) is 113 Å². The molecule has 8 aromatic heterocycles. The summed E-state index contributed by atoms with van der Waals surface area (Å²) in [7, 11) is 0. The van der Waals surface area contributed by atoms with Gasteiger partial charge in [0, 0.05) is 86.7 Å². The third kappa shape index (κ3) is 11.1. The summed E-state index contributed by atoms with van der Waals surface area (Å²) in [5.74, 6) is 1.87. The normalized spacial score (nSPS) is 20.0. The van der Waals surface area contributed by atoms with E-state index in [1.807, 2.05) is 40.6 Å². The van der Waals surface area contributed by atoms with Crippen LogP contribution in [0.4, 0.5) is 45.0 Å². The number of imidazole rings is 1. The molecule has 0 radical (unpaired) electrons. The molecule has 0 bridgehead atoms. The summed E-state index contributed by atoms with van der Waals surface area (Å²) in [4.78, 5) is 74.1. The molecule has 11 heterocycles. The average Bonchev–Trinajstić information content (AvgIpc) is 3.85. The van der Waals surface area contributed by atoms with E-state index in [9.17, 15) is 19.2 Å². The van der Waals surface area contributed by atoms with E-state index < -0.39 is 5.91 Å². The molecule has 83 heavy (non-hydrogen) atoms. The Morgan fingerprint density at radius 3 is 2.28 bits per heavy atom. The van der Waals surface area contributed by atoms with Crippen molar-refractivity contribution in [2.45, 2.75) is 82.1 Å². The number of quaternary nitrogens is 2. The van der Waals surface area contributed by atoms with Gasteiger partial charge in [-0.05, 0) is 55.0 Å². The van der Waals surface area contributed by atoms with E-state index >= 15 is 0 Å². The lowest BCUT2D eigenvalue weighted by molar-refractivity contribution is -0.427. The second-order valence-electron chi connectivity index (χ2n) is 21.4. The second-order valence-corrected chi connectivity index (χ2v) is 24.3. The maximum atomic E-state index is 13.0. The highest BCUT2D eigenvalue weighted by Gasteiger charge is 2.31. The minimum absolute atomic E-state index is 0.0703. The first-order chi connectivity index (χ1) is 40.5. The van der Waals surface area contributed by atoms with Gasteiger partial charge in [-0.3, -0.25) is 23.6 Å². The van der Waals surface area contributed by atoms with E-state index in [4.69, 9.17) is 34.0 Å². The number of amides is 2. The fourth-order valence-corrected chi connectivity index (χ4v) is 14.5. The van der Waals surface area contributed by atoms with Crippen molar-refractivity contribution in [2.75, 3.05) is 83.7 Å². The van der Waals surface area contributed by atoms with E-state index in [2.05, 4.69) is 52.9 Å². The fraction of sp³-hybridized carbons (Fsp3) is 0.368. The molecule has 2 saturated heterocycles. The summed E-state index contributed by atoms with van der Waals surface area (Å²) in [6, 6.07) is 13.8. The first kappa shape index (κ1) is 54.3. The number of fused-ring (bicyclic) bond motifs is 4. The van der Waals surface area contributed by atoms with Crippen LogP contribution in [0, 0.1) is 0 Å². The highest BCUT2D eigenvalue weighted by Crippen LogP contribution is 2.41. The van der Waals surface area contributed by atoms with E-state index in [1.165, 1.54) is 53.3 Å². The Morgan fingerprint density at radius 2 is 1.52 bits per heavy atom. The molecule has 430 valence electrons. The van der Waals surface area contributed by atoms with Crippen molar-refractivity contribution in [2.24, 2.45) is 5.73 Å². The maximum absolute atomic E-state index is 13.0. The van der Waals surface area contributed by atoms with Crippen molar-refractivity contribution in [3.8, 4) is 21.7 Å². The summed E-state index contributed by atoms with van der Waals surface area (Å²) in [5.41, 5.74) is 20.4. The molecule has 23 nitrogen and oxygen atoms in total. The number of primary amides is 1. The Morgan fingerprint density at radius 1 is 0.771 bits per heavy atom. The van der Waals surface area contributed by atoms with Crippen molar-refractivity contribution in [1.29, 1.82) is 0 Å². The highest BCUT2D eigenvalue weighted by molar-refractivity contribution is 7.23. The van der Waals surface area contributed by atoms with Crippen LogP contribution in [0.15, 0.2) is 91.1 Å². The van der Waals surface area contributed by atoms with Gasteiger partial charge < -0.3 is 71.9 Å². The van der Waals surface area contributed by atoms with Gasteiger partial charge >= 0.3 is 0 Å². The number of furan rings is 1. The number of anilines is 8. The van der Waals surface area contributed by atoms with Gasteiger partial charge in [0.1, 0.15) is 50.3 Å². The monoisotopic (exact) mass is 1180 g/mol. The van der Waals surface area contributed by atoms with Crippen LogP contribution in [0.3, 0.4) is 0 Å². The number of benzene rings is 1. The van der Waals surface area contributed by atoms with Crippen molar-refractivity contribution in [3.05, 3.63) is 110 Å². The number of thiophene rings is 1. The minimum Gasteiger partial charge on any atom is -0.459 e. The van der Waals surface area contributed by atoms with Gasteiger partial charge in [0.05, 0.1) is 65.5 Å². The zero-order valence-corrected chi connectivity index (χ0v) is 47.8. The molecule has 2 saturated carbocycles. The zero-order chi connectivity index (χ0) is 56.7. The molecule has 4 fully saturated rings. The number of carbonyl (C=O) groups excluding carboxylic acids is 2. The molecule has 9 aromatic rings. The van der Waals surface area contributed by atoms with Gasteiger partial charge in [-0.1, -0.05) is 36.3 Å². The molecule has 4 atom stereocenters. The number of hydrogen-bond donors (Lipinski definition) is 8. The first-order valence-corrected chi connectivity index (χ1v) is 30.6. The minimum atomic E-state index is -0.636. The second kappa shape index (κ2) is 23.3. The van der Waals surface area contributed by atoms with Crippen molar-refractivity contribution >= 4 is 117 Å². The molecule has 1 aromatic carbocycles. The number of nitrogens with zero attached hydrogens (tertiary/aromatic N) is 7. The lowest BCUT2D eigenvalue weighted by Crippen LogP contribution is -2.68. The number of nitrogens with one attached hydrogen (secondary N) is 5. The van der Waals surface area contributed by atoms with Gasteiger partial charge in [0.15, 0.2) is 28.5 Å². The van der Waals surface area contributed by atoms with Crippen molar-refractivity contribution in [3.63, 3.8) is 0 Å². The van der Waals surface area contributed by atoms with E-state index in [1.54, 1.807) is 41.4 Å². The Balaban J connectivity index is 0.000000156. The predicted molar refractivity (Wildman–Crippen MR) is 322 cm³/mol. The Bertz CT molecular complexity index is 4030. The van der Waals surface area contributed by atoms with Crippen LogP contribution in [0.2, 0.25) is 0 Å². The van der Waals surface area contributed by atoms with Crippen LogP contribution < -0.4 is 64.4 Å². The number of nitrogens with two attached hydrogens (primary N) is 1. The standard InChI is InChI=1S/C30H32N8O4S.C27H29N7O4S2/c31-20-6-1-2-7-21(20)35-30-36-28(24(27(32)40)29-33-8-9-38(29)30)34-18-5-3-4-17(14-18)19-16-43-26-22(39)15-23(42-25(19)26)37-10-12-41-13-11-37;28-16-3-1-2-4-17(16)31-19-9-14-11-29-26(36)22(14)25(32-19)33-20-12-30-27(39-20)15-13-38-23-18(35)10-21(40-24(15)23)34-5-7-37-8-6-34/h3-5,8-9,14-16,20-21,34H,1-2,6-7,10-13,31H2,(H2,32,40)(H,35,36);9-10,12-13,16-17H,1-8,11,28H2,(H,29,36)(H2,31,32,33)/p+2/t20-,21+;16-,17+/m11/s1. The molecule has 3 aliphatic heterocycles. The summed E-state index contributed by atoms with van der Waals surface area (Å²) >= 11 is 4.31. The number of ether oxygens (including phenoxy) is 2. The van der Waals surface area contributed by atoms with Gasteiger partial charge in [-0.15, -0.1) is 22.7 Å². The molecular formula is C57H63N15O8S3+2. The van der Waals surface area contributed by atoms with Crippen LogP contribution in [0.5, 0.6) is 0 Å². The van der Waals surface area contributed by atoms with Gasteiger partial charge in [-0.25, -0.2) is 15.0 Å². The lowest BCUT2D eigenvalue weighted by Gasteiger charge is -2.27. The molecule has 13 N–H and O–H groups in total. The number of rotatable bonds is 13. The Hall–Kier alpha value is -7.98. The topological polar surface area (TPSA) is 317 Å². The molecule has 0 spiro atoms. The van der Waals surface area contributed by atoms with Gasteiger partial charge in [-0.2, -0.15) is 4.98 Å². The quantitative estimate of drug-likeness (QED) is 0.0622. The van der Waals surface area contributed by atoms with Crippen LogP contribution in [0.1, 0.15) is 77.6 Å². The maximum Gasteiger partial charge on any atom is 0.256 e. The van der Waals surface area contributed by atoms with Crippen molar-refractivity contribution in [1.82, 2.24) is 29.7 Å². The molecule has 0 unspecified atom stereocenters. The molecule has 26 heteroatoms. The van der Waals surface area contributed by atoms with Gasteiger partial charge in [0.25, 0.3) is 11.8 Å². The highest BCUT2D eigenvalue weighted by atomic mass is 32.1. The Labute approximate surface area is 486 Å². The summed E-state index contributed by atoms with van der Waals surface area (Å²) in [5, 5.41) is 21.0. The Kier molecular flexibility index (Phi) is 15.3. The lowest BCUT2D eigenvalue weighted by atomic mass is 9.91. The first-order valence-electron chi connectivity index (χ1n) is 28.0.